The molecule has 0 spiro atoms. The number of carbonyl (C=O) groups is 9. The molecular weight excluding hydrogens is 578 g/mol. The first-order chi connectivity index (χ1) is 21.0. The van der Waals surface area contributed by atoms with Crippen LogP contribution in [-0.4, -0.2) is 108 Å². The van der Waals surface area contributed by atoms with Crippen LogP contribution in [0.25, 0.3) is 0 Å². The molecule has 2 aliphatic rings. The number of unbranched alkanes of at least 4 members (excludes halogenated alkanes) is 1. The Balaban J connectivity index is 1.68. The van der Waals surface area contributed by atoms with Gasteiger partial charge in [-0.1, -0.05) is 13.3 Å². The lowest BCUT2D eigenvalue weighted by Crippen LogP contribution is -2.44. The molecule has 16 nitrogen and oxygen atoms in total. The number of hydrogen-bond acceptors (Lipinski definition) is 9. The largest absolute Gasteiger partial charge is 0.354 e. The molecule has 0 unspecified atom stereocenters. The zero-order chi connectivity index (χ0) is 32.5. The predicted octanol–water partition coefficient (Wildman–Crippen LogP) is -2.46. The van der Waals surface area contributed by atoms with E-state index >= 15 is 0 Å². The van der Waals surface area contributed by atoms with Gasteiger partial charge in [0.2, 0.25) is 29.5 Å². The van der Waals surface area contributed by atoms with Gasteiger partial charge in [-0.3, -0.25) is 53.0 Å². The van der Waals surface area contributed by atoms with Gasteiger partial charge in [0.1, 0.15) is 0 Å². The van der Waals surface area contributed by atoms with Gasteiger partial charge < -0.3 is 26.6 Å². The van der Waals surface area contributed by atoms with Crippen molar-refractivity contribution in [2.75, 3.05) is 39.3 Å². The van der Waals surface area contributed by atoms with Crippen molar-refractivity contribution in [2.24, 2.45) is 0 Å². The van der Waals surface area contributed by atoms with Crippen molar-refractivity contribution in [3.63, 3.8) is 0 Å². The van der Waals surface area contributed by atoms with Crippen LogP contribution in [0.3, 0.4) is 0 Å². The molecule has 9 amide bonds. The molecular formula is C28H39N7O9. The van der Waals surface area contributed by atoms with Crippen molar-refractivity contribution in [3.05, 3.63) is 24.3 Å². The first-order valence-corrected chi connectivity index (χ1v) is 14.4. The summed E-state index contributed by atoms with van der Waals surface area (Å²) >= 11 is 0. The summed E-state index contributed by atoms with van der Waals surface area (Å²) in [5, 5.41) is 13.1. The Bertz CT molecular complexity index is 1080. The molecule has 0 aromatic heterocycles. The van der Waals surface area contributed by atoms with Gasteiger partial charge in [-0.15, -0.1) is 0 Å². The minimum atomic E-state index is -0.795. The van der Waals surface area contributed by atoms with E-state index in [1.165, 1.54) is 0 Å². The molecule has 2 rings (SSSR count). The number of nitrogens with one attached hydrogen (secondary N) is 5. The Morgan fingerprint density at radius 1 is 0.568 bits per heavy atom. The average molecular weight is 618 g/mol. The molecule has 0 aromatic rings. The van der Waals surface area contributed by atoms with Crippen LogP contribution in [0.5, 0.6) is 0 Å². The maximum Gasteiger partial charge on any atom is 0.253 e. The summed E-state index contributed by atoms with van der Waals surface area (Å²) in [5.41, 5.74) is 0. The third-order valence-corrected chi connectivity index (χ3v) is 6.45. The fraction of sp³-hybridized carbons (Fsp3) is 0.536. The topological polar surface area (TPSA) is 220 Å². The maximum absolute atomic E-state index is 12.5. The molecule has 5 N–H and O–H groups in total. The minimum absolute atomic E-state index is 0.0578. The third-order valence-electron chi connectivity index (χ3n) is 6.45. The first-order valence-electron chi connectivity index (χ1n) is 14.4. The number of hydrogen-bond donors (Lipinski definition) is 5. The molecule has 0 saturated heterocycles. The summed E-state index contributed by atoms with van der Waals surface area (Å²) in [4.78, 5) is 109. The van der Waals surface area contributed by atoms with Crippen LogP contribution < -0.4 is 26.6 Å². The monoisotopic (exact) mass is 617 g/mol. The fourth-order valence-electron chi connectivity index (χ4n) is 4.12. The zero-order valence-corrected chi connectivity index (χ0v) is 24.6. The number of rotatable bonds is 20. The van der Waals surface area contributed by atoms with Crippen molar-refractivity contribution in [1.82, 2.24) is 36.4 Å². The number of carbonyl (C=O) groups excluding carboxylic acids is 9. The van der Waals surface area contributed by atoms with E-state index in [0.717, 1.165) is 40.5 Å². The summed E-state index contributed by atoms with van der Waals surface area (Å²) in [6.45, 7) is 2.14. The summed E-state index contributed by atoms with van der Waals surface area (Å²) in [6, 6.07) is -0.795. The van der Waals surface area contributed by atoms with Crippen LogP contribution in [0.4, 0.5) is 0 Å². The molecule has 0 radical (unpaired) electrons. The highest BCUT2D eigenvalue weighted by Gasteiger charge is 2.25. The molecule has 0 fully saturated rings. The second-order valence-electron chi connectivity index (χ2n) is 10.00. The van der Waals surface area contributed by atoms with Crippen LogP contribution in [0.2, 0.25) is 0 Å². The van der Waals surface area contributed by atoms with E-state index < -0.39 is 53.3 Å². The van der Waals surface area contributed by atoms with E-state index in [0.29, 0.717) is 6.42 Å². The molecule has 0 atom stereocenters. The molecule has 0 bridgehead atoms. The highest BCUT2D eigenvalue weighted by molar-refractivity contribution is 6.13. The zero-order valence-electron chi connectivity index (χ0n) is 24.6. The lowest BCUT2D eigenvalue weighted by molar-refractivity contribution is -0.139. The van der Waals surface area contributed by atoms with Crippen molar-refractivity contribution >= 4 is 53.2 Å². The van der Waals surface area contributed by atoms with Crippen LogP contribution in [0.1, 0.15) is 51.9 Å². The van der Waals surface area contributed by atoms with Gasteiger partial charge >= 0.3 is 0 Å². The van der Waals surface area contributed by atoms with Gasteiger partial charge in [0.05, 0.1) is 0 Å². The van der Waals surface area contributed by atoms with E-state index in [1.807, 2.05) is 6.92 Å². The molecule has 240 valence electrons. The third kappa shape index (κ3) is 13.0. The Morgan fingerprint density at radius 2 is 0.932 bits per heavy atom. The van der Waals surface area contributed by atoms with Crippen molar-refractivity contribution in [2.45, 2.75) is 57.9 Å². The fourth-order valence-corrected chi connectivity index (χ4v) is 4.12. The van der Waals surface area contributed by atoms with Gasteiger partial charge in [-0.25, -0.2) is 0 Å². The van der Waals surface area contributed by atoms with Gasteiger partial charge in [-0.05, 0) is 6.42 Å². The van der Waals surface area contributed by atoms with E-state index in [4.69, 9.17) is 0 Å². The van der Waals surface area contributed by atoms with Gasteiger partial charge in [0, 0.05) is 102 Å². The van der Waals surface area contributed by atoms with Crippen molar-refractivity contribution in [1.29, 1.82) is 0 Å². The quantitative estimate of drug-likeness (QED) is 0.0721. The summed E-state index contributed by atoms with van der Waals surface area (Å²) < 4.78 is 0. The minimum Gasteiger partial charge on any atom is -0.354 e. The summed E-state index contributed by atoms with van der Waals surface area (Å²) in [7, 11) is 0. The van der Waals surface area contributed by atoms with Crippen LogP contribution in [0, 0.1) is 0 Å². The van der Waals surface area contributed by atoms with Gasteiger partial charge in [-0.2, -0.15) is 0 Å². The molecule has 0 saturated carbocycles. The van der Waals surface area contributed by atoms with Crippen LogP contribution in [-0.2, 0) is 43.2 Å². The maximum atomic E-state index is 12.5. The first kappa shape index (κ1) is 35.3. The smallest absolute Gasteiger partial charge is 0.253 e. The molecule has 0 aliphatic carbocycles. The van der Waals surface area contributed by atoms with E-state index in [9.17, 15) is 43.2 Å². The van der Waals surface area contributed by atoms with Gasteiger partial charge in [0.15, 0.2) is 0 Å². The second-order valence-corrected chi connectivity index (χ2v) is 10.00. The van der Waals surface area contributed by atoms with Crippen molar-refractivity contribution < 1.29 is 43.2 Å². The Hall–Kier alpha value is -4.89. The number of imide groups is 2. The highest BCUT2D eigenvalue weighted by Crippen LogP contribution is 2.05. The predicted molar refractivity (Wildman–Crippen MR) is 154 cm³/mol. The lowest BCUT2D eigenvalue weighted by atomic mass is 10.1. The summed E-state index contributed by atoms with van der Waals surface area (Å²) in [6.07, 6.45) is 5.64. The van der Waals surface area contributed by atoms with E-state index in [-0.39, 0.29) is 77.3 Å². The van der Waals surface area contributed by atoms with Crippen LogP contribution in [0.15, 0.2) is 24.3 Å². The highest BCUT2D eigenvalue weighted by atomic mass is 16.2. The molecule has 2 heterocycles. The Morgan fingerprint density at radius 3 is 1.30 bits per heavy atom. The van der Waals surface area contributed by atoms with Crippen LogP contribution >= 0.6 is 0 Å². The van der Waals surface area contributed by atoms with E-state index in [1.54, 1.807) is 0 Å². The number of amides is 9. The standard InChI is InChI=1S/C28H39N7O9/c1-2-3-4-22(38)33-19(17-23(39)31-13-11-29-20(36)9-15-34-25(41)5-6-26(34)42)18-24(40)32-14-12-30-21(37)10-16-35-27(43)7-8-28(35)44/h5-8,19H,2-4,9-18H2,1H3,(H,29,36)(H,30,37)(H,31,39)(H,32,40)(H,33,38). The normalized spacial score (nSPS) is 14.0. The lowest BCUT2D eigenvalue weighted by Gasteiger charge is -2.19. The molecule has 44 heavy (non-hydrogen) atoms. The van der Waals surface area contributed by atoms with Gasteiger partial charge in [0.25, 0.3) is 23.6 Å². The van der Waals surface area contributed by atoms with Crippen molar-refractivity contribution in [3.8, 4) is 0 Å². The second kappa shape index (κ2) is 18.6. The average Bonchev–Trinajstić information content (AvgIpc) is 3.47. The Labute approximate surface area is 254 Å². The number of nitrogens with zero attached hydrogens (tertiary/aromatic N) is 2. The molecule has 0 aromatic carbocycles. The Kier molecular flexibility index (Phi) is 14.9. The molecule has 16 heteroatoms. The van der Waals surface area contributed by atoms with E-state index in [2.05, 4.69) is 26.6 Å². The summed E-state index contributed by atoms with van der Waals surface area (Å²) in [5.74, 6) is -3.94. The molecule has 2 aliphatic heterocycles. The SMILES string of the molecule is CCCCC(=O)NC(CC(=O)NCCNC(=O)CCN1C(=O)C=CC1=O)CC(=O)NCCNC(=O)CCN1C(=O)C=CC1=O.